The van der Waals surface area contributed by atoms with Crippen LogP contribution in [0.15, 0.2) is 41.0 Å². The van der Waals surface area contributed by atoms with Crippen LogP contribution in [0.5, 0.6) is 0 Å². The Hall–Kier alpha value is -2.15. The van der Waals surface area contributed by atoms with Crippen molar-refractivity contribution in [1.82, 2.24) is 9.88 Å². The Kier molecular flexibility index (Phi) is 5.54. The summed E-state index contributed by atoms with van der Waals surface area (Å²) in [6.45, 7) is 1.73. The molecule has 122 valence electrons. The first-order chi connectivity index (χ1) is 10.9. The van der Waals surface area contributed by atoms with Crippen molar-refractivity contribution in [2.75, 3.05) is 7.05 Å². The number of halogens is 2. The summed E-state index contributed by atoms with van der Waals surface area (Å²) in [4.78, 5) is 28.3. The fourth-order valence-electron chi connectivity index (χ4n) is 2.06. The van der Waals surface area contributed by atoms with E-state index < -0.39 is 12.1 Å². The van der Waals surface area contributed by atoms with Gasteiger partial charge in [-0.3, -0.25) is 4.79 Å². The number of carbonyl (C=O) groups excluding carboxylic acids is 2. The molecule has 0 aliphatic heterocycles. The standard InChI is InChI=1S/C16H16BrFN2O3/c1-10(23-16(22)14-7-12(17)8-19-14)15(21)20(2)9-11-4-3-5-13(18)6-11/h3-8,10,19H,9H2,1-2H3. The molecular formula is C16H16BrFN2O3. The van der Waals surface area contributed by atoms with Crippen LogP contribution in [0.2, 0.25) is 0 Å². The van der Waals surface area contributed by atoms with E-state index in [-0.39, 0.29) is 24.0 Å². The quantitative estimate of drug-likeness (QED) is 0.808. The molecule has 1 atom stereocenters. The van der Waals surface area contributed by atoms with Crippen molar-refractivity contribution in [3.8, 4) is 0 Å². The summed E-state index contributed by atoms with van der Waals surface area (Å²) < 4.78 is 19.0. The van der Waals surface area contributed by atoms with Crippen LogP contribution < -0.4 is 0 Å². The van der Waals surface area contributed by atoms with Gasteiger partial charge in [0.1, 0.15) is 11.5 Å². The van der Waals surface area contributed by atoms with Crippen molar-refractivity contribution in [2.45, 2.75) is 19.6 Å². The highest BCUT2D eigenvalue weighted by Gasteiger charge is 2.23. The number of amides is 1. The zero-order valence-corrected chi connectivity index (χ0v) is 14.3. The number of rotatable bonds is 5. The second kappa shape index (κ2) is 7.41. The molecule has 7 heteroatoms. The third-order valence-corrected chi connectivity index (χ3v) is 3.64. The number of carbonyl (C=O) groups is 2. The van der Waals surface area contributed by atoms with Crippen LogP contribution in [-0.4, -0.2) is 34.9 Å². The maximum absolute atomic E-state index is 13.2. The predicted octanol–water partition coefficient (Wildman–Crippen LogP) is 3.12. The van der Waals surface area contributed by atoms with Gasteiger partial charge in [0.05, 0.1) is 0 Å². The van der Waals surface area contributed by atoms with E-state index in [1.54, 1.807) is 31.4 Å². The topological polar surface area (TPSA) is 62.4 Å². The molecule has 2 rings (SSSR count). The lowest BCUT2D eigenvalue weighted by Crippen LogP contribution is -2.37. The Morgan fingerprint density at radius 3 is 2.74 bits per heavy atom. The molecule has 0 saturated carbocycles. The number of nitrogens with zero attached hydrogens (tertiary/aromatic N) is 1. The third-order valence-electron chi connectivity index (χ3n) is 3.18. The van der Waals surface area contributed by atoms with Crippen LogP contribution in [0, 0.1) is 5.82 Å². The zero-order valence-electron chi connectivity index (χ0n) is 12.7. The van der Waals surface area contributed by atoms with E-state index in [0.717, 1.165) is 0 Å². The molecule has 1 N–H and O–H groups in total. The fraction of sp³-hybridized carbons (Fsp3) is 0.250. The lowest BCUT2D eigenvalue weighted by Gasteiger charge is -2.21. The van der Waals surface area contributed by atoms with E-state index in [2.05, 4.69) is 20.9 Å². The number of hydrogen-bond donors (Lipinski definition) is 1. The van der Waals surface area contributed by atoms with Crippen LogP contribution >= 0.6 is 15.9 Å². The molecule has 1 unspecified atom stereocenters. The number of benzene rings is 1. The molecule has 0 aliphatic rings. The van der Waals surface area contributed by atoms with Crippen molar-refractivity contribution in [3.63, 3.8) is 0 Å². The first-order valence-corrected chi connectivity index (χ1v) is 7.70. The molecule has 1 aromatic carbocycles. The van der Waals surface area contributed by atoms with Gasteiger partial charge in [-0.15, -0.1) is 0 Å². The lowest BCUT2D eigenvalue weighted by molar-refractivity contribution is -0.139. The van der Waals surface area contributed by atoms with Gasteiger partial charge in [0.2, 0.25) is 0 Å². The molecule has 2 aromatic rings. The lowest BCUT2D eigenvalue weighted by atomic mass is 10.2. The average molecular weight is 383 g/mol. The maximum atomic E-state index is 13.2. The van der Waals surface area contributed by atoms with Crippen molar-refractivity contribution < 1.29 is 18.7 Å². The summed E-state index contributed by atoms with van der Waals surface area (Å²) in [5, 5.41) is 0. The van der Waals surface area contributed by atoms with Gasteiger partial charge < -0.3 is 14.6 Å². The first-order valence-electron chi connectivity index (χ1n) is 6.91. The van der Waals surface area contributed by atoms with Crippen molar-refractivity contribution in [2.24, 2.45) is 0 Å². The summed E-state index contributed by atoms with van der Waals surface area (Å²) in [6.07, 6.45) is 0.655. The molecule has 0 radical (unpaired) electrons. The van der Waals surface area contributed by atoms with Gasteiger partial charge in [0, 0.05) is 24.3 Å². The van der Waals surface area contributed by atoms with Gasteiger partial charge in [0.15, 0.2) is 6.10 Å². The molecule has 1 amide bonds. The predicted molar refractivity (Wildman–Crippen MR) is 86.2 cm³/mol. The van der Waals surface area contributed by atoms with E-state index in [1.807, 2.05) is 0 Å². The summed E-state index contributed by atoms with van der Waals surface area (Å²) >= 11 is 3.22. The monoisotopic (exact) mass is 382 g/mol. The second-order valence-electron chi connectivity index (χ2n) is 5.10. The number of likely N-dealkylation sites (N-methyl/N-ethyl adjacent to an activating group) is 1. The van der Waals surface area contributed by atoms with Crippen molar-refractivity contribution >= 4 is 27.8 Å². The van der Waals surface area contributed by atoms with Crippen LogP contribution in [0.1, 0.15) is 23.0 Å². The molecule has 0 bridgehead atoms. The number of H-pyrrole nitrogens is 1. The highest BCUT2D eigenvalue weighted by Crippen LogP contribution is 2.13. The normalized spacial score (nSPS) is 11.8. The Bertz CT molecular complexity index is 717. The van der Waals surface area contributed by atoms with Crippen LogP contribution in [0.3, 0.4) is 0 Å². The Morgan fingerprint density at radius 2 is 2.13 bits per heavy atom. The largest absolute Gasteiger partial charge is 0.448 e. The number of esters is 1. The number of aromatic nitrogens is 1. The molecule has 0 spiro atoms. The van der Waals surface area contributed by atoms with Crippen molar-refractivity contribution in [1.29, 1.82) is 0 Å². The highest BCUT2D eigenvalue weighted by molar-refractivity contribution is 9.10. The first kappa shape index (κ1) is 17.2. The van der Waals surface area contributed by atoms with Gasteiger partial charge in [0.25, 0.3) is 5.91 Å². The number of nitrogens with one attached hydrogen (secondary N) is 1. The Labute approximate surface area is 141 Å². The number of hydrogen-bond acceptors (Lipinski definition) is 3. The molecular weight excluding hydrogens is 367 g/mol. The highest BCUT2D eigenvalue weighted by atomic mass is 79.9. The van der Waals surface area contributed by atoms with Gasteiger partial charge in [-0.05, 0) is 46.6 Å². The molecule has 1 heterocycles. The zero-order chi connectivity index (χ0) is 17.0. The third kappa shape index (κ3) is 4.66. The van der Waals surface area contributed by atoms with E-state index in [9.17, 15) is 14.0 Å². The maximum Gasteiger partial charge on any atom is 0.355 e. The van der Waals surface area contributed by atoms with E-state index >= 15 is 0 Å². The van der Waals surface area contributed by atoms with Gasteiger partial charge in [-0.2, -0.15) is 0 Å². The molecule has 1 aromatic heterocycles. The Morgan fingerprint density at radius 1 is 1.39 bits per heavy atom. The van der Waals surface area contributed by atoms with Crippen LogP contribution in [0.25, 0.3) is 0 Å². The summed E-state index contributed by atoms with van der Waals surface area (Å²) in [6, 6.07) is 7.56. The van der Waals surface area contributed by atoms with Crippen LogP contribution in [-0.2, 0) is 16.1 Å². The SMILES string of the molecule is CC(OC(=O)c1cc(Br)c[nH]1)C(=O)N(C)Cc1cccc(F)c1. The Balaban J connectivity index is 1.94. The van der Waals surface area contributed by atoms with E-state index in [1.165, 1.54) is 24.0 Å². The number of aromatic amines is 1. The van der Waals surface area contributed by atoms with Crippen LogP contribution in [0.4, 0.5) is 4.39 Å². The summed E-state index contributed by atoms with van der Waals surface area (Å²) in [5.41, 5.74) is 0.914. The van der Waals surface area contributed by atoms with Crippen molar-refractivity contribution in [3.05, 3.63) is 58.1 Å². The molecule has 0 saturated heterocycles. The summed E-state index contributed by atoms with van der Waals surface area (Å²) in [5.74, 6) is -1.34. The minimum Gasteiger partial charge on any atom is -0.448 e. The smallest absolute Gasteiger partial charge is 0.355 e. The number of ether oxygens (including phenoxy) is 1. The molecule has 0 fully saturated rings. The molecule has 0 aliphatic carbocycles. The van der Waals surface area contributed by atoms with Gasteiger partial charge in [-0.25, -0.2) is 9.18 Å². The minimum atomic E-state index is -0.942. The van der Waals surface area contributed by atoms with E-state index in [0.29, 0.717) is 10.0 Å². The van der Waals surface area contributed by atoms with Gasteiger partial charge in [-0.1, -0.05) is 12.1 Å². The average Bonchev–Trinajstić information content (AvgIpc) is 2.93. The molecule has 5 nitrogen and oxygen atoms in total. The summed E-state index contributed by atoms with van der Waals surface area (Å²) in [7, 11) is 1.57. The minimum absolute atomic E-state index is 0.229. The molecule has 23 heavy (non-hydrogen) atoms. The second-order valence-corrected chi connectivity index (χ2v) is 6.02. The fourth-order valence-corrected chi connectivity index (χ4v) is 2.40. The van der Waals surface area contributed by atoms with Gasteiger partial charge >= 0.3 is 5.97 Å². The van der Waals surface area contributed by atoms with E-state index in [4.69, 9.17) is 4.74 Å².